The first-order valence-electron chi connectivity index (χ1n) is 5.12. The van der Waals surface area contributed by atoms with Crippen LogP contribution in [0.3, 0.4) is 0 Å². The molecule has 0 saturated heterocycles. The number of rotatable bonds is 7. The van der Waals surface area contributed by atoms with Gasteiger partial charge in [-0.15, -0.1) is 6.58 Å². The largest absolute Gasteiger partial charge is 0.388 e. The van der Waals surface area contributed by atoms with Crippen LogP contribution >= 0.6 is 0 Å². The molecule has 0 aliphatic rings. The molecule has 0 bridgehead atoms. The first-order chi connectivity index (χ1) is 6.52. The SMILES string of the molecule is C=CCCC(=O)NCC(C)(O)CCC. The zero-order chi connectivity index (χ0) is 11.0. The number of carbonyl (C=O) groups excluding carboxylic acids is 1. The molecule has 1 amide bonds. The summed E-state index contributed by atoms with van der Waals surface area (Å²) in [6.07, 6.45) is 4.46. The van der Waals surface area contributed by atoms with E-state index in [0.717, 1.165) is 6.42 Å². The number of hydrogen-bond donors (Lipinski definition) is 2. The van der Waals surface area contributed by atoms with Crippen molar-refractivity contribution < 1.29 is 9.90 Å². The van der Waals surface area contributed by atoms with Gasteiger partial charge in [-0.25, -0.2) is 0 Å². The number of hydrogen-bond acceptors (Lipinski definition) is 2. The normalized spacial score (nSPS) is 14.5. The maximum atomic E-state index is 11.2. The summed E-state index contributed by atoms with van der Waals surface area (Å²) in [5, 5.41) is 12.5. The third kappa shape index (κ3) is 6.66. The van der Waals surface area contributed by atoms with E-state index in [2.05, 4.69) is 11.9 Å². The van der Waals surface area contributed by atoms with E-state index < -0.39 is 5.60 Å². The fraction of sp³-hybridized carbons (Fsp3) is 0.727. The molecule has 0 aliphatic heterocycles. The van der Waals surface area contributed by atoms with Crippen LogP contribution in [0.15, 0.2) is 12.7 Å². The fourth-order valence-corrected chi connectivity index (χ4v) is 1.24. The van der Waals surface area contributed by atoms with Crippen LogP contribution in [0.25, 0.3) is 0 Å². The summed E-state index contributed by atoms with van der Waals surface area (Å²) in [6.45, 7) is 7.62. The highest BCUT2D eigenvalue weighted by molar-refractivity contribution is 5.76. The maximum Gasteiger partial charge on any atom is 0.220 e. The van der Waals surface area contributed by atoms with Crippen molar-refractivity contribution in [3.05, 3.63) is 12.7 Å². The summed E-state index contributed by atoms with van der Waals surface area (Å²) in [5.74, 6) is -0.0266. The van der Waals surface area contributed by atoms with Crippen molar-refractivity contribution in [2.75, 3.05) is 6.54 Å². The monoisotopic (exact) mass is 199 g/mol. The quantitative estimate of drug-likeness (QED) is 0.612. The Hall–Kier alpha value is -0.830. The number of nitrogens with one attached hydrogen (secondary N) is 1. The number of aliphatic hydroxyl groups is 1. The Morgan fingerprint density at radius 1 is 1.64 bits per heavy atom. The summed E-state index contributed by atoms with van der Waals surface area (Å²) >= 11 is 0. The molecular weight excluding hydrogens is 178 g/mol. The van der Waals surface area contributed by atoms with Crippen LogP contribution in [-0.4, -0.2) is 23.2 Å². The molecule has 3 nitrogen and oxygen atoms in total. The number of amides is 1. The molecule has 0 saturated carbocycles. The minimum Gasteiger partial charge on any atom is -0.388 e. The molecule has 82 valence electrons. The van der Waals surface area contributed by atoms with Crippen LogP contribution in [0, 0.1) is 0 Å². The molecule has 0 heterocycles. The molecule has 0 aromatic rings. The van der Waals surface area contributed by atoms with Crippen LogP contribution in [0.2, 0.25) is 0 Å². The second kappa shape index (κ2) is 6.60. The lowest BCUT2D eigenvalue weighted by atomic mass is 10.0. The van der Waals surface area contributed by atoms with Crippen LogP contribution < -0.4 is 5.32 Å². The van der Waals surface area contributed by atoms with Gasteiger partial charge in [0.15, 0.2) is 0 Å². The Morgan fingerprint density at radius 2 is 2.29 bits per heavy atom. The van der Waals surface area contributed by atoms with Gasteiger partial charge in [-0.05, 0) is 19.8 Å². The number of allylic oxidation sites excluding steroid dienone is 1. The minimum atomic E-state index is -0.779. The molecule has 1 unspecified atom stereocenters. The van der Waals surface area contributed by atoms with E-state index in [-0.39, 0.29) is 5.91 Å². The molecule has 0 radical (unpaired) electrons. The van der Waals surface area contributed by atoms with E-state index >= 15 is 0 Å². The van der Waals surface area contributed by atoms with Crippen molar-refractivity contribution in [3.8, 4) is 0 Å². The zero-order valence-electron chi connectivity index (χ0n) is 9.18. The van der Waals surface area contributed by atoms with Crippen LogP contribution in [0.4, 0.5) is 0 Å². The van der Waals surface area contributed by atoms with Gasteiger partial charge in [-0.2, -0.15) is 0 Å². The molecule has 0 spiro atoms. The van der Waals surface area contributed by atoms with Crippen molar-refractivity contribution in [2.45, 2.75) is 45.1 Å². The van der Waals surface area contributed by atoms with Crippen molar-refractivity contribution in [2.24, 2.45) is 0 Å². The van der Waals surface area contributed by atoms with Gasteiger partial charge in [0.2, 0.25) is 5.91 Å². The van der Waals surface area contributed by atoms with Gasteiger partial charge in [-0.3, -0.25) is 4.79 Å². The topological polar surface area (TPSA) is 49.3 Å². The van der Waals surface area contributed by atoms with Gasteiger partial charge in [0.25, 0.3) is 0 Å². The molecule has 0 fully saturated rings. The van der Waals surface area contributed by atoms with E-state index in [0.29, 0.717) is 25.8 Å². The smallest absolute Gasteiger partial charge is 0.220 e. The first-order valence-corrected chi connectivity index (χ1v) is 5.12. The molecule has 1 atom stereocenters. The average Bonchev–Trinajstić information content (AvgIpc) is 2.11. The third-order valence-corrected chi connectivity index (χ3v) is 2.03. The summed E-state index contributed by atoms with van der Waals surface area (Å²) < 4.78 is 0. The Kier molecular flexibility index (Phi) is 6.21. The lowest BCUT2D eigenvalue weighted by molar-refractivity contribution is -0.122. The highest BCUT2D eigenvalue weighted by atomic mass is 16.3. The molecule has 0 aromatic heterocycles. The van der Waals surface area contributed by atoms with E-state index in [1.54, 1.807) is 13.0 Å². The first kappa shape index (κ1) is 13.2. The maximum absolute atomic E-state index is 11.2. The minimum absolute atomic E-state index is 0.0266. The van der Waals surface area contributed by atoms with Crippen LogP contribution in [0.5, 0.6) is 0 Å². The van der Waals surface area contributed by atoms with Gasteiger partial charge in [0.1, 0.15) is 0 Å². The predicted molar refractivity (Wildman–Crippen MR) is 58.0 cm³/mol. The summed E-state index contributed by atoms with van der Waals surface area (Å²) in [6, 6.07) is 0. The van der Waals surface area contributed by atoms with Gasteiger partial charge >= 0.3 is 0 Å². The van der Waals surface area contributed by atoms with E-state index in [4.69, 9.17) is 0 Å². The Bertz CT molecular complexity index is 188. The molecule has 14 heavy (non-hydrogen) atoms. The molecule has 0 aliphatic carbocycles. The molecule has 3 heteroatoms. The van der Waals surface area contributed by atoms with Crippen molar-refractivity contribution >= 4 is 5.91 Å². The number of carbonyl (C=O) groups is 1. The van der Waals surface area contributed by atoms with Gasteiger partial charge in [0.05, 0.1) is 5.60 Å². The van der Waals surface area contributed by atoms with Gasteiger partial charge in [0, 0.05) is 13.0 Å². The Balaban J connectivity index is 3.69. The fourth-order valence-electron chi connectivity index (χ4n) is 1.24. The van der Waals surface area contributed by atoms with E-state index in [1.807, 2.05) is 6.92 Å². The van der Waals surface area contributed by atoms with Crippen LogP contribution in [-0.2, 0) is 4.79 Å². The lowest BCUT2D eigenvalue weighted by Crippen LogP contribution is -2.40. The second-order valence-corrected chi connectivity index (χ2v) is 3.85. The molecule has 2 N–H and O–H groups in total. The standard InChI is InChI=1S/C11H21NO2/c1-4-6-7-10(13)12-9-11(3,14)8-5-2/h4,14H,1,5-9H2,2-3H3,(H,12,13). The molecule has 0 rings (SSSR count). The lowest BCUT2D eigenvalue weighted by Gasteiger charge is -2.22. The van der Waals surface area contributed by atoms with Crippen molar-refractivity contribution in [1.82, 2.24) is 5.32 Å². The third-order valence-electron chi connectivity index (χ3n) is 2.03. The van der Waals surface area contributed by atoms with Crippen molar-refractivity contribution in [1.29, 1.82) is 0 Å². The van der Waals surface area contributed by atoms with Gasteiger partial charge < -0.3 is 10.4 Å². The molecule has 0 aromatic carbocycles. The molecular formula is C11H21NO2. The van der Waals surface area contributed by atoms with E-state index in [1.165, 1.54) is 0 Å². The highest BCUT2D eigenvalue weighted by Crippen LogP contribution is 2.09. The Labute approximate surface area is 86.2 Å². The summed E-state index contributed by atoms with van der Waals surface area (Å²) in [5.41, 5.74) is -0.779. The summed E-state index contributed by atoms with van der Waals surface area (Å²) in [7, 11) is 0. The van der Waals surface area contributed by atoms with E-state index in [9.17, 15) is 9.90 Å². The second-order valence-electron chi connectivity index (χ2n) is 3.85. The predicted octanol–water partition coefficient (Wildman–Crippen LogP) is 1.62. The highest BCUT2D eigenvalue weighted by Gasteiger charge is 2.19. The summed E-state index contributed by atoms with van der Waals surface area (Å²) in [4.78, 5) is 11.2. The zero-order valence-corrected chi connectivity index (χ0v) is 9.18. The Morgan fingerprint density at radius 3 is 2.79 bits per heavy atom. The average molecular weight is 199 g/mol. The van der Waals surface area contributed by atoms with Crippen molar-refractivity contribution in [3.63, 3.8) is 0 Å². The van der Waals surface area contributed by atoms with Crippen LogP contribution in [0.1, 0.15) is 39.5 Å². The van der Waals surface area contributed by atoms with Gasteiger partial charge in [-0.1, -0.05) is 19.4 Å².